The van der Waals surface area contributed by atoms with Crippen LogP contribution in [0.4, 0.5) is 5.69 Å². The van der Waals surface area contributed by atoms with Crippen molar-refractivity contribution in [2.75, 3.05) is 5.43 Å². The number of nitrogens with zero attached hydrogens (tertiary/aromatic N) is 1. The lowest BCUT2D eigenvalue weighted by atomic mass is 10.0. The van der Waals surface area contributed by atoms with E-state index in [1.807, 2.05) is 6.07 Å². The van der Waals surface area contributed by atoms with Crippen molar-refractivity contribution >= 4 is 32.5 Å². The molecule has 0 aliphatic carbocycles. The molecule has 0 fully saturated rings. The predicted octanol–water partition coefficient (Wildman–Crippen LogP) is 3.46. The van der Waals surface area contributed by atoms with E-state index in [4.69, 9.17) is 10.8 Å². The summed E-state index contributed by atoms with van der Waals surface area (Å²) in [6.07, 6.45) is 0.905. The molecule has 1 aromatic carbocycles. The summed E-state index contributed by atoms with van der Waals surface area (Å²) in [5, 5.41) is 1.06. The van der Waals surface area contributed by atoms with Crippen LogP contribution in [0.15, 0.2) is 16.6 Å². The summed E-state index contributed by atoms with van der Waals surface area (Å²) in [6, 6.07) is 4.10. The molecule has 90 valence electrons. The maximum atomic E-state index is 5.66. The summed E-state index contributed by atoms with van der Waals surface area (Å²) in [6.45, 7) is 6.22. The van der Waals surface area contributed by atoms with Gasteiger partial charge in [-0.25, -0.2) is 0 Å². The van der Waals surface area contributed by atoms with Crippen LogP contribution in [0.5, 0.6) is 0 Å². The standard InChI is InChI=1S/C13H16BrN3/c1-4-10-8(3)13(17-15)11-9(14)6-5-7(2)12(11)16-10/h5-6H,4,15H2,1-3H3,(H,16,17). The maximum Gasteiger partial charge on any atom is 0.0767 e. The van der Waals surface area contributed by atoms with Crippen LogP contribution in [0.25, 0.3) is 10.9 Å². The van der Waals surface area contributed by atoms with Crippen molar-refractivity contribution < 1.29 is 0 Å². The van der Waals surface area contributed by atoms with Crippen LogP contribution in [0.3, 0.4) is 0 Å². The highest BCUT2D eigenvalue weighted by Gasteiger charge is 2.13. The molecule has 4 heteroatoms. The molecule has 1 heterocycles. The Labute approximate surface area is 110 Å². The third kappa shape index (κ3) is 1.91. The lowest BCUT2D eigenvalue weighted by Gasteiger charge is -2.15. The van der Waals surface area contributed by atoms with Crippen molar-refractivity contribution in [2.45, 2.75) is 27.2 Å². The van der Waals surface area contributed by atoms with Gasteiger partial charge in [-0.1, -0.05) is 28.9 Å². The molecule has 2 rings (SSSR count). The van der Waals surface area contributed by atoms with E-state index in [0.717, 1.165) is 44.3 Å². The number of fused-ring (bicyclic) bond motifs is 1. The van der Waals surface area contributed by atoms with E-state index in [-0.39, 0.29) is 0 Å². The third-order valence-electron chi connectivity index (χ3n) is 3.11. The summed E-state index contributed by atoms with van der Waals surface area (Å²) in [7, 11) is 0. The lowest BCUT2D eigenvalue weighted by Crippen LogP contribution is -2.11. The van der Waals surface area contributed by atoms with Crippen molar-refractivity contribution in [1.29, 1.82) is 0 Å². The molecule has 0 amide bonds. The van der Waals surface area contributed by atoms with Gasteiger partial charge >= 0.3 is 0 Å². The second kappa shape index (κ2) is 4.63. The normalized spacial score (nSPS) is 10.9. The van der Waals surface area contributed by atoms with Gasteiger partial charge < -0.3 is 5.43 Å². The summed E-state index contributed by atoms with van der Waals surface area (Å²) in [5.41, 5.74) is 8.15. The van der Waals surface area contributed by atoms with E-state index >= 15 is 0 Å². The van der Waals surface area contributed by atoms with Crippen molar-refractivity contribution in [3.05, 3.63) is 33.4 Å². The van der Waals surface area contributed by atoms with Crippen LogP contribution >= 0.6 is 15.9 Å². The molecule has 0 bridgehead atoms. The average molecular weight is 294 g/mol. The van der Waals surface area contributed by atoms with Gasteiger partial charge in [0.15, 0.2) is 0 Å². The van der Waals surface area contributed by atoms with E-state index in [1.54, 1.807) is 0 Å². The van der Waals surface area contributed by atoms with E-state index in [2.05, 4.69) is 48.2 Å². The first kappa shape index (κ1) is 12.3. The first-order valence-corrected chi connectivity index (χ1v) is 6.44. The zero-order valence-electron chi connectivity index (χ0n) is 10.3. The highest BCUT2D eigenvalue weighted by molar-refractivity contribution is 9.10. The molecule has 0 radical (unpaired) electrons. The van der Waals surface area contributed by atoms with Gasteiger partial charge in [0.1, 0.15) is 0 Å². The number of pyridine rings is 1. The third-order valence-corrected chi connectivity index (χ3v) is 3.77. The Morgan fingerprint density at radius 3 is 2.65 bits per heavy atom. The lowest BCUT2D eigenvalue weighted by molar-refractivity contribution is 1.02. The number of nitrogen functional groups attached to an aromatic ring is 1. The number of aromatic nitrogens is 1. The van der Waals surface area contributed by atoms with E-state index < -0.39 is 0 Å². The van der Waals surface area contributed by atoms with E-state index in [9.17, 15) is 0 Å². The number of nitrogens with one attached hydrogen (secondary N) is 1. The monoisotopic (exact) mass is 293 g/mol. The first-order chi connectivity index (χ1) is 8.10. The SMILES string of the molecule is CCc1nc2c(C)ccc(Br)c2c(NN)c1C. The number of benzene rings is 1. The number of hydrogen-bond acceptors (Lipinski definition) is 3. The Morgan fingerprint density at radius 1 is 1.35 bits per heavy atom. The van der Waals surface area contributed by atoms with Crippen molar-refractivity contribution in [3.63, 3.8) is 0 Å². The number of anilines is 1. The maximum absolute atomic E-state index is 5.66. The van der Waals surface area contributed by atoms with Crippen LogP contribution in [-0.4, -0.2) is 4.98 Å². The summed E-state index contributed by atoms with van der Waals surface area (Å²) in [5.74, 6) is 5.66. The van der Waals surface area contributed by atoms with Gasteiger partial charge in [-0.3, -0.25) is 10.8 Å². The highest BCUT2D eigenvalue weighted by Crippen LogP contribution is 2.34. The fourth-order valence-electron chi connectivity index (χ4n) is 2.13. The Balaban J connectivity index is 2.97. The molecule has 0 aliphatic heterocycles. The number of aryl methyl sites for hydroxylation is 2. The summed E-state index contributed by atoms with van der Waals surface area (Å²) in [4.78, 5) is 4.74. The number of hydrogen-bond donors (Lipinski definition) is 2. The van der Waals surface area contributed by atoms with Gasteiger partial charge in [0.2, 0.25) is 0 Å². The number of rotatable bonds is 2. The van der Waals surface area contributed by atoms with Crippen LogP contribution in [0.1, 0.15) is 23.7 Å². The summed E-state index contributed by atoms with van der Waals surface area (Å²) >= 11 is 3.57. The van der Waals surface area contributed by atoms with Gasteiger partial charge in [-0.05, 0) is 37.5 Å². The zero-order chi connectivity index (χ0) is 12.6. The molecule has 0 spiro atoms. The highest BCUT2D eigenvalue weighted by atomic mass is 79.9. The zero-order valence-corrected chi connectivity index (χ0v) is 11.9. The molecule has 3 nitrogen and oxygen atoms in total. The smallest absolute Gasteiger partial charge is 0.0767 e. The van der Waals surface area contributed by atoms with Gasteiger partial charge in [0, 0.05) is 15.6 Å². The van der Waals surface area contributed by atoms with Crippen molar-refractivity contribution in [3.8, 4) is 0 Å². The van der Waals surface area contributed by atoms with E-state index in [1.165, 1.54) is 0 Å². The Bertz CT molecular complexity index is 579. The fraction of sp³-hybridized carbons (Fsp3) is 0.308. The minimum Gasteiger partial charge on any atom is -0.323 e. The predicted molar refractivity (Wildman–Crippen MR) is 76.1 cm³/mol. The molecule has 3 N–H and O–H groups in total. The number of nitrogens with two attached hydrogens (primary N) is 1. The first-order valence-electron chi connectivity index (χ1n) is 5.65. The van der Waals surface area contributed by atoms with Crippen molar-refractivity contribution in [1.82, 2.24) is 4.98 Å². The largest absolute Gasteiger partial charge is 0.323 e. The Kier molecular flexibility index (Phi) is 3.35. The van der Waals surface area contributed by atoms with Gasteiger partial charge in [-0.15, -0.1) is 0 Å². The molecule has 17 heavy (non-hydrogen) atoms. The Hall–Kier alpha value is -1.13. The molecule has 0 saturated heterocycles. The van der Waals surface area contributed by atoms with Crippen LogP contribution in [0.2, 0.25) is 0 Å². The van der Waals surface area contributed by atoms with Gasteiger partial charge in [0.05, 0.1) is 11.2 Å². The van der Waals surface area contributed by atoms with E-state index in [0.29, 0.717) is 0 Å². The van der Waals surface area contributed by atoms with Crippen LogP contribution < -0.4 is 11.3 Å². The number of halogens is 1. The molecular formula is C13H16BrN3. The molecule has 0 saturated carbocycles. The van der Waals surface area contributed by atoms with Crippen LogP contribution in [0, 0.1) is 13.8 Å². The quantitative estimate of drug-likeness (QED) is 0.658. The minimum atomic E-state index is 0.905. The minimum absolute atomic E-state index is 0.905. The molecule has 0 unspecified atom stereocenters. The summed E-state index contributed by atoms with van der Waals surface area (Å²) < 4.78 is 1.02. The van der Waals surface area contributed by atoms with Gasteiger partial charge in [-0.2, -0.15) is 0 Å². The second-order valence-electron chi connectivity index (χ2n) is 4.14. The van der Waals surface area contributed by atoms with Gasteiger partial charge in [0.25, 0.3) is 0 Å². The molecule has 1 aromatic heterocycles. The molecule has 2 aromatic rings. The Morgan fingerprint density at radius 2 is 2.06 bits per heavy atom. The topological polar surface area (TPSA) is 50.9 Å². The second-order valence-corrected chi connectivity index (χ2v) is 5.00. The number of hydrazine groups is 1. The van der Waals surface area contributed by atoms with Crippen molar-refractivity contribution in [2.24, 2.45) is 5.84 Å². The molecular weight excluding hydrogens is 278 g/mol. The fourth-order valence-corrected chi connectivity index (χ4v) is 2.65. The van der Waals surface area contributed by atoms with Crippen LogP contribution in [-0.2, 0) is 6.42 Å². The average Bonchev–Trinajstić information content (AvgIpc) is 2.33. The molecule has 0 aliphatic rings. The molecule has 0 atom stereocenters.